The monoisotopic (exact) mass is 280 g/mol. The van der Waals surface area contributed by atoms with E-state index in [-0.39, 0.29) is 0 Å². The summed E-state index contributed by atoms with van der Waals surface area (Å²) in [4.78, 5) is 0. The van der Waals surface area contributed by atoms with Crippen LogP contribution in [0.3, 0.4) is 0 Å². The van der Waals surface area contributed by atoms with Crippen molar-refractivity contribution in [3.8, 4) is 5.75 Å². The van der Waals surface area contributed by atoms with Crippen molar-refractivity contribution in [1.82, 2.24) is 0 Å². The lowest BCUT2D eigenvalue weighted by Crippen LogP contribution is -2.05. The zero-order chi connectivity index (χ0) is 14.4. The first-order valence-electron chi connectivity index (χ1n) is 7.09. The van der Waals surface area contributed by atoms with Gasteiger partial charge >= 0.3 is 0 Å². The summed E-state index contributed by atoms with van der Waals surface area (Å²) >= 11 is 6.37. The van der Waals surface area contributed by atoms with Crippen molar-refractivity contribution in [1.29, 1.82) is 0 Å². The molecule has 0 heterocycles. The first-order valence-corrected chi connectivity index (χ1v) is 7.47. The summed E-state index contributed by atoms with van der Waals surface area (Å²) in [7, 11) is 0. The summed E-state index contributed by atoms with van der Waals surface area (Å²) in [6.45, 7) is 11.2. The fourth-order valence-electron chi connectivity index (χ4n) is 2.26. The van der Waals surface area contributed by atoms with Gasteiger partial charge in [-0.05, 0) is 62.3 Å². The summed E-state index contributed by atoms with van der Waals surface area (Å²) in [5.74, 6) is 1.48. The third kappa shape index (κ3) is 4.28. The number of benzene rings is 1. The average molecular weight is 281 g/mol. The molecule has 19 heavy (non-hydrogen) atoms. The highest BCUT2D eigenvalue weighted by molar-refractivity contribution is 6.32. The van der Waals surface area contributed by atoms with E-state index in [2.05, 4.69) is 39.0 Å². The molecule has 1 unspecified atom stereocenters. The molecule has 0 saturated carbocycles. The van der Waals surface area contributed by atoms with Gasteiger partial charge in [0.15, 0.2) is 0 Å². The molecule has 0 spiro atoms. The van der Waals surface area contributed by atoms with E-state index >= 15 is 0 Å². The number of halogens is 1. The number of hydrogen-bond acceptors (Lipinski definition) is 1. The summed E-state index contributed by atoms with van der Waals surface area (Å²) in [6, 6.07) is 2.06. The van der Waals surface area contributed by atoms with Crippen molar-refractivity contribution in [3.05, 3.63) is 39.9 Å². The highest BCUT2D eigenvalue weighted by Crippen LogP contribution is 2.33. The SMILES string of the molecule is CC/C=C\C(C)Cc1c(OCC)cc(C)c(Cl)c1C. The Bertz CT molecular complexity index is 449. The van der Waals surface area contributed by atoms with Crippen molar-refractivity contribution in [2.24, 2.45) is 5.92 Å². The Morgan fingerprint density at radius 1 is 1.32 bits per heavy atom. The maximum absolute atomic E-state index is 6.37. The molecular weight excluding hydrogens is 256 g/mol. The number of aryl methyl sites for hydroxylation is 1. The van der Waals surface area contributed by atoms with Gasteiger partial charge < -0.3 is 4.74 Å². The van der Waals surface area contributed by atoms with Gasteiger partial charge in [-0.15, -0.1) is 0 Å². The van der Waals surface area contributed by atoms with Gasteiger partial charge in [-0.2, -0.15) is 0 Å². The van der Waals surface area contributed by atoms with Gasteiger partial charge in [0.05, 0.1) is 6.61 Å². The third-order valence-electron chi connectivity index (χ3n) is 3.30. The molecule has 1 rings (SSSR count). The predicted molar refractivity (Wildman–Crippen MR) is 84.4 cm³/mol. The van der Waals surface area contributed by atoms with E-state index in [0.29, 0.717) is 12.5 Å². The van der Waals surface area contributed by atoms with Crippen LogP contribution in [0.4, 0.5) is 0 Å². The predicted octanol–water partition coefficient (Wildman–Crippen LogP) is 5.50. The van der Waals surface area contributed by atoms with E-state index in [1.54, 1.807) is 0 Å². The van der Waals surface area contributed by atoms with Gasteiger partial charge in [0.2, 0.25) is 0 Å². The van der Waals surface area contributed by atoms with Crippen LogP contribution >= 0.6 is 11.6 Å². The van der Waals surface area contributed by atoms with Gasteiger partial charge in [0.1, 0.15) is 5.75 Å². The van der Waals surface area contributed by atoms with Crippen LogP contribution in [-0.2, 0) is 6.42 Å². The van der Waals surface area contributed by atoms with Gasteiger partial charge in [0.25, 0.3) is 0 Å². The van der Waals surface area contributed by atoms with Gasteiger partial charge in [-0.1, -0.05) is 37.6 Å². The maximum atomic E-state index is 6.37. The summed E-state index contributed by atoms with van der Waals surface area (Å²) < 4.78 is 5.78. The number of allylic oxidation sites excluding steroid dienone is 2. The molecule has 0 aliphatic rings. The molecule has 0 N–H and O–H groups in total. The Morgan fingerprint density at radius 3 is 2.58 bits per heavy atom. The van der Waals surface area contributed by atoms with Crippen molar-refractivity contribution in [3.63, 3.8) is 0 Å². The summed E-state index contributed by atoms with van der Waals surface area (Å²) in [6.07, 6.45) is 6.53. The molecule has 1 aromatic carbocycles. The van der Waals surface area contributed by atoms with Gasteiger partial charge in [-0.25, -0.2) is 0 Å². The van der Waals surface area contributed by atoms with E-state index in [1.807, 2.05) is 13.8 Å². The molecule has 0 amide bonds. The highest BCUT2D eigenvalue weighted by Gasteiger charge is 2.14. The fraction of sp³-hybridized carbons (Fsp3) is 0.529. The van der Waals surface area contributed by atoms with Crippen LogP contribution in [-0.4, -0.2) is 6.61 Å². The molecule has 1 aromatic rings. The molecule has 1 atom stereocenters. The second-order valence-corrected chi connectivity index (χ2v) is 5.44. The molecule has 0 fully saturated rings. The molecule has 2 heteroatoms. The molecule has 0 bridgehead atoms. The first-order chi connectivity index (χ1) is 9.01. The van der Waals surface area contributed by atoms with E-state index in [4.69, 9.17) is 16.3 Å². The van der Waals surface area contributed by atoms with Crippen LogP contribution in [0.1, 0.15) is 43.9 Å². The van der Waals surface area contributed by atoms with Crippen LogP contribution in [0.15, 0.2) is 18.2 Å². The average Bonchev–Trinajstić information content (AvgIpc) is 2.38. The number of hydrogen-bond donors (Lipinski definition) is 0. The third-order valence-corrected chi connectivity index (χ3v) is 3.88. The Morgan fingerprint density at radius 2 is 2.00 bits per heavy atom. The van der Waals surface area contributed by atoms with Crippen LogP contribution in [0.25, 0.3) is 0 Å². The van der Waals surface area contributed by atoms with E-state index in [0.717, 1.165) is 34.7 Å². The number of rotatable bonds is 6. The Hall–Kier alpha value is -0.950. The number of ether oxygens (including phenoxy) is 1. The Labute approximate surface area is 122 Å². The van der Waals surface area contributed by atoms with E-state index in [9.17, 15) is 0 Å². The molecule has 1 nitrogen and oxygen atoms in total. The largest absolute Gasteiger partial charge is 0.494 e. The maximum Gasteiger partial charge on any atom is 0.123 e. The smallest absolute Gasteiger partial charge is 0.123 e. The van der Waals surface area contributed by atoms with Gasteiger partial charge in [-0.3, -0.25) is 0 Å². The topological polar surface area (TPSA) is 9.23 Å². The molecule has 0 aliphatic carbocycles. The lowest BCUT2D eigenvalue weighted by molar-refractivity contribution is 0.335. The van der Waals surface area contributed by atoms with Crippen LogP contribution in [0.2, 0.25) is 5.02 Å². The van der Waals surface area contributed by atoms with Crippen LogP contribution < -0.4 is 4.74 Å². The first kappa shape index (κ1) is 16.1. The molecule has 0 saturated heterocycles. The van der Waals surface area contributed by atoms with E-state index in [1.165, 1.54) is 5.56 Å². The van der Waals surface area contributed by atoms with Gasteiger partial charge in [0, 0.05) is 5.02 Å². The second kappa shape index (κ2) is 7.59. The van der Waals surface area contributed by atoms with Crippen molar-refractivity contribution >= 4 is 11.6 Å². The second-order valence-electron chi connectivity index (χ2n) is 5.06. The fourth-order valence-corrected chi connectivity index (χ4v) is 2.43. The Balaban J connectivity index is 3.09. The molecule has 0 aromatic heterocycles. The lowest BCUT2D eigenvalue weighted by atomic mass is 9.94. The van der Waals surface area contributed by atoms with Crippen molar-refractivity contribution in [2.45, 2.75) is 47.5 Å². The molecule has 106 valence electrons. The van der Waals surface area contributed by atoms with Crippen LogP contribution in [0, 0.1) is 19.8 Å². The minimum absolute atomic E-state index is 0.497. The zero-order valence-electron chi connectivity index (χ0n) is 12.7. The molecule has 0 radical (unpaired) electrons. The summed E-state index contributed by atoms with van der Waals surface area (Å²) in [5.41, 5.74) is 3.48. The summed E-state index contributed by atoms with van der Waals surface area (Å²) in [5, 5.41) is 0.866. The van der Waals surface area contributed by atoms with Crippen molar-refractivity contribution in [2.75, 3.05) is 6.61 Å². The molecule has 0 aliphatic heterocycles. The minimum Gasteiger partial charge on any atom is -0.494 e. The van der Waals surface area contributed by atoms with Crippen LogP contribution in [0.5, 0.6) is 5.75 Å². The zero-order valence-corrected chi connectivity index (χ0v) is 13.5. The normalized spacial score (nSPS) is 12.9. The standard InChI is InChI=1S/C17H25ClO/c1-6-8-9-12(3)10-15-14(5)17(18)13(4)11-16(15)19-7-2/h8-9,11-12H,6-7,10H2,1-5H3/b9-8-. The highest BCUT2D eigenvalue weighted by atomic mass is 35.5. The Kier molecular flexibility index (Phi) is 6.44. The quantitative estimate of drug-likeness (QED) is 0.625. The minimum atomic E-state index is 0.497. The molecular formula is C17H25ClO. The lowest BCUT2D eigenvalue weighted by Gasteiger charge is -2.18. The van der Waals surface area contributed by atoms with E-state index < -0.39 is 0 Å². The van der Waals surface area contributed by atoms with Crippen molar-refractivity contribution < 1.29 is 4.74 Å².